The van der Waals surface area contributed by atoms with Gasteiger partial charge in [-0.3, -0.25) is 9.59 Å². The first-order valence-corrected chi connectivity index (χ1v) is 8.07. The molecular weight excluding hydrogens is 326 g/mol. The third-order valence-corrected chi connectivity index (χ3v) is 4.22. The molecule has 0 bridgehead atoms. The van der Waals surface area contributed by atoms with Gasteiger partial charge in [0, 0.05) is 17.1 Å². The van der Waals surface area contributed by atoms with Gasteiger partial charge >= 0.3 is 5.97 Å². The number of carboxylic acid groups (broad SMARTS) is 1. The first kappa shape index (κ1) is 18.0. The number of rotatable bonds is 6. The van der Waals surface area contributed by atoms with Gasteiger partial charge in [0.15, 0.2) is 0 Å². The number of halogens is 1. The van der Waals surface area contributed by atoms with E-state index >= 15 is 0 Å². The predicted octanol–water partition coefficient (Wildman–Crippen LogP) is 4.23. The highest BCUT2D eigenvalue weighted by Gasteiger charge is 2.22. The van der Waals surface area contributed by atoms with Crippen LogP contribution in [0.25, 0.3) is 0 Å². The molecule has 0 aliphatic carbocycles. The Labute approximate surface area is 146 Å². The maximum absolute atomic E-state index is 12.2. The molecule has 2 aromatic carbocycles. The van der Waals surface area contributed by atoms with Gasteiger partial charge in [0.1, 0.15) is 0 Å². The number of nitrogens with one attached hydrogen (secondary N) is 1. The number of amides is 1. The van der Waals surface area contributed by atoms with Gasteiger partial charge in [0.05, 0.1) is 5.92 Å². The van der Waals surface area contributed by atoms with Gasteiger partial charge in [0.2, 0.25) is 5.91 Å². The maximum Gasteiger partial charge on any atom is 0.307 e. The Hall–Kier alpha value is -2.33. The summed E-state index contributed by atoms with van der Waals surface area (Å²) in [7, 11) is 0. The van der Waals surface area contributed by atoms with E-state index in [9.17, 15) is 14.7 Å². The van der Waals surface area contributed by atoms with Crippen molar-refractivity contribution in [1.82, 2.24) is 0 Å². The number of hydrogen-bond donors (Lipinski definition) is 2. The molecule has 0 aliphatic heterocycles. The Morgan fingerprint density at radius 1 is 1.08 bits per heavy atom. The van der Waals surface area contributed by atoms with E-state index in [1.165, 1.54) is 0 Å². The SMILES string of the molecule is Cc1ccc(NC(=O)CC(Cc2ccc(Cl)cc2)C(=O)O)cc1C. The van der Waals surface area contributed by atoms with E-state index in [4.69, 9.17) is 11.6 Å². The minimum Gasteiger partial charge on any atom is -0.481 e. The fourth-order valence-electron chi connectivity index (χ4n) is 2.41. The molecule has 2 rings (SSSR count). The van der Waals surface area contributed by atoms with Gasteiger partial charge in [0.25, 0.3) is 0 Å². The normalized spacial score (nSPS) is 11.8. The first-order valence-electron chi connectivity index (χ1n) is 7.69. The standard InChI is InChI=1S/C19H20ClNO3/c1-12-3-8-17(9-13(12)2)21-18(22)11-15(19(23)24)10-14-4-6-16(20)7-5-14/h3-9,15H,10-11H2,1-2H3,(H,21,22)(H,23,24). The molecule has 4 nitrogen and oxygen atoms in total. The van der Waals surface area contributed by atoms with E-state index in [0.717, 1.165) is 16.7 Å². The van der Waals surface area contributed by atoms with Gasteiger partial charge in [-0.2, -0.15) is 0 Å². The minimum atomic E-state index is -0.986. The average molecular weight is 346 g/mol. The zero-order valence-electron chi connectivity index (χ0n) is 13.7. The Morgan fingerprint density at radius 3 is 2.33 bits per heavy atom. The summed E-state index contributed by atoms with van der Waals surface area (Å²) >= 11 is 5.83. The fourth-order valence-corrected chi connectivity index (χ4v) is 2.53. The Kier molecular flexibility index (Phi) is 5.99. The number of carbonyl (C=O) groups is 2. The number of benzene rings is 2. The van der Waals surface area contributed by atoms with Crippen LogP contribution in [-0.4, -0.2) is 17.0 Å². The van der Waals surface area contributed by atoms with Crippen LogP contribution in [0.1, 0.15) is 23.1 Å². The number of carbonyl (C=O) groups excluding carboxylic acids is 1. The van der Waals surface area contributed by atoms with Crippen molar-refractivity contribution in [3.8, 4) is 0 Å². The summed E-state index contributed by atoms with van der Waals surface area (Å²) < 4.78 is 0. The highest BCUT2D eigenvalue weighted by atomic mass is 35.5. The molecule has 1 amide bonds. The third-order valence-electron chi connectivity index (χ3n) is 3.97. The van der Waals surface area contributed by atoms with E-state index in [1.54, 1.807) is 24.3 Å². The highest BCUT2D eigenvalue weighted by Crippen LogP contribution is 2.18. The van der Waals surface area contributed by atoms with E-state index in [-0.39, 0.29) is 18.7 Å². The maximum atomic E-state index is 12.2. The lowest BCUT2D eigenvalue weighted by Gasteiger charge is -2.13. The molecule has 0 saturated heterocycles. The zero-order valence-corrected chi connectivity index (χ0v) is 14.4. The van der Waals surface area contributed by atoms with Crippen molar-refractivity contribution in [3.05, 3.63) is 64.2 Å². The quantitative estimate of drug-likeness (QED) is 0.823. The van der Waals surface area contributed by atoms with Gasteiger partial charge in [-0.1, -0.05) is 29.8 Å². The first-order chi connectivity index (χ1) is 11.3. The molecule has 0 aliphatic rings. The van der Waals surface area contributed by atoms with Gasteiger partial charge in [-0.25, -0.2) is 0 Å². The van der Waals surface area contributed by atoms with Crippen molar-refractivity contribution in [2.75, 3.05) is 5.32 Å². The average Bonchev–Trinajstić information content (AvgIpc) is 2.52. The monoisotopic (exact) mass is 345 g/mol. The number of aliphatic carboxylic acids is 1. The van der Waals surface area contributed by atoms with Crippen LogP contribution in [0.5, 0.6) is 0 Å². The summed E-state index contributed by atoms with van der Waals surface area (Å²) in [5, 5.41) is 12.7. The van der Waals surface area contributed by atoms with Crippen molar-refractivity contribution >= 4 is 29.2 Å². The van der Waals surface area contributed by atoms with Crippen LogP contribution in [0.3, 0.4) is 0 Å². The number of aryl methyl sites for hydroxylation is 2. The van der Waals surface area contributed by atoms with Crippen molar-refractivity contribution in [2.24, 2.45) is 5.92 Å². The molecule has 0 saturated carbocycles. The van der Waals surface area contributed by atoms with Crippen LogP contribution >= 0.6 is 11.6 Å². The highest BCUT2D eigenvalue weighted by molar-refractivity contribution is 6.30. The van der Waals surface area contributed by atoms with E-state index in [2.05, 4.69) is 5.32 Å². The zero-order chi connectivity index (χ0) is 17.7. The Bertz CT molecular complexity index is 741. The predicted molar refractivity (Wildman–Crippen MR) is 95.4 cm³/mol. The summed E-state index contributed by atoms with van der Waals surface area (Å²) in [4.78, 5) is 23.6. The van der Waals surface area contributed by atoms with Gasteiger partial charge in [-0.05, 0) is 61.2 Å². The summed E-state index contributed by atoms with van der Waals surface area (Å²) in [6.45, 7) is 3.96. The van der Waals surface area contributed by atoms with Gasteiger partial charge in [-0.15, -0.1) is 0 Å². The van der Waals surface area contributed by atoms with E-state index in [1.807, 2.05) is 32.0 Å². The lowest BCUT2D eigenvalue weighted by Crippen LogP contribution is -2.24. The second kappa shape index (κ2) is 7.97. The molecule has 1 unspecified atom stereocenters. The van der Waals surface area contributed by atoms with Crippen LogP contribution in [0.2, 0.25) is 5.02 Å². The topological polar surface area (TPSA) is 66.4 Å². The second-order valence-electron chi connectivity index (χ2n) is 5.92. The van der Waals surface area contributed by atoms with E-state index < -0.39 is 11.9 Å². The smallest absolute Gasteiger partial charge is 0.307 e. The molecule has 0 heterocycles. The fraction of sp³-hybridized carbons (Fsp3) is 0.263. The Balaban J connectivity index is 2.01. The third kappa shape index (κ3) is 5.10. The minimum absolute atomic E-state index is 0.0785. The Morgan fingerprint density at radius 2 is 1.75 bits per heavy atom. The summed E-state index contributed by atoms with van der Waals surface area (Å²) in [6, 6.07) is 12.6. The van der Waals surface area contributed by atoms with Crippen LogP contribution < -0.4 is 5.32 Å². The molecule has 126 valence electrons. The van der Waals surface area contributed by atoms with Crippen LogP contribution in [0.15, 0.2) is 42.5 Å². The molecule has 0 fully saturated rings. The van der Waals surface area contributed by atoms with Crippen molar-refractivity contribution in [3.63, 3.8) is 0 Å². The molecule has 5 heteroatoms. The second-order valence-corrected chi connectivity index (χ2v) is 6.35. The van der Waals surface area contributed by atoms with Crippen molar-refractivity contribution in [2.45, 2.75) is 26.7 Å². The molecule has 2 N–H and O–H groups in total. The van der Waals surface area contributed by atoms with Crippen molar-refractivity contribution < 1.29 is 14.7 Å². The molecular formula is C19H20ClNO3. The molecule has 24 heavy (non-hydrogen) atoms. The van der Waals surface area contributed by atoms with Crippen LogP contribution in [-0.2, 0) is 16.0 Å². The molecule has 2 aromatic rings. The molecule has 0 aromatic heterocycles. The number of anilines is 1. The summed E-state index contributed by atoms with van der Waals surface area (Å²) in [6.07, 6.45) is 0.206. The van der Waals surface area contributed by atoms with Crippen molar-refractivity contribution in [1.29, 1.82) is 0 Å². The molecule has 1 atom stereocenters. The number of hydrogen-bond acceptors (Lipinski definition) is 2. The lowest BCUT2D eigenvalue weighted by atomic mass is 9.96. The molecule has 0 spiro atoms. The van der Waals surface area contributed by atoms with Crippen LogP contribution in [0, 0.1) is 19.8 Å². The molecule has 0 radical (unpaired) electrons. The largest absolute Gasteiger partial charge is 0.481 e. The van der Waals surface area contributed by atoms with Gasteiger partial charge < -0.3 is 10.4 Å². The lowest BCUT2D eigenvalue weighted by molar-refractivity contribution is -0.143. The number of carboxylic acids is 1. The summed E-state index contributed by atoms with van der Waals surface area (Å²) in [5.41, 5.74) is 3.73. The van der Waals surface area contributed by atoms with Crippen LogP contribution in [0.4, 0.5) is 5.69 Å². The van der Waals surface area contributed by atoms with E-state index in [0.29, 0.717) is 10.7 Å². The summed E-state index contributed by atoms with van der Waals surface area (Å²) in [5.74, 6) is -2.07.